The van der Waals surface area contributed by atoms with E-state index in [0.717, 1.165) is 12.0 Å². The Hall–Kier alpha value is -0.830. The summed E-state index contributed by atoms with van der Waals surface area (Å²) in [6, 6.07) is 9.42. The van der Waals surface area contributed by atoms with Crippen LogP contribution in [0.4, 0.5) is 0 Å². The van der Waals surface area contributed by atoms with Crippen molar-refractivity contribution in [2.75, 3.05) is 5.33 Å². The van der Waals surface area contributed by atoms with E-state index in [9.17, 15) is 9.90 Å². The van der Waals surface area contributed by atoms with Crippen molar-refractivity contribution in [2.24, 2.45) is 0 Å². The number of carboxylic acids is 1. The van der Waals surface area contributed by atoms with Gasteiger partial charge in [-0.05, 0) is 12.0 Å². The number of benzene rings is 1. The van der Waals surface area contributed by atoms with Crippen LogP contribution in [0.3, 0.4) is 0 Å². The zero-order valence-corrected chi connectivity index (χ0v) is 10.3. The summed E-state index contributed by atoms with van der Waals surface area (Å²) in [6.07, 6.45) is 1.50. The van der Waals surface area contributed by atoms with E-state index < -0.39 is 11.4 Å². The normalized spacial score (nSPS) is 14.5. The lowest BCUT2D eigenvalue weighted by molar-refractivity contribution is -0.143. The van der Waals surface area contributed by atoms with Crippen LogP contribution in [0.2, 0.25) is 0 Å². The van der Waals surface area contributed by atoms with Gasteiger partial charge in [-0.25, -0.2) is 0 Å². The van der Waals surface area contributed by atoms with Gasteiger partial charge in [-0.15, -0.1) is 0 Å². The highest BCUT2D eigenvalue weighted by Gasteiger charge is 2.38. The molecule has 0 spiro atoms. The maximum atomic E-state index is 11.4. The zero-order chi connectivity index (χ0) is 11.3. The van der Waals surface area contributed by atoms with Crippen LogP contribution < -0.4 is 0 Å². The Labute approximate surface area is 98.4 Å². The van der Waals surface area contributed by atoms with Crippen molar-refractivity contribution in [1.29, 1.82) is 0 Å². The molecule has 82 valence electrons. The molecule has 0 aromatic heterocycles. The molecule has 0 fully saturated rings. The van der Waals surface area contributed by atoms with E-state index in [1.54, 1.807) is 0 Å². The minimum Gasteiger partial charge on any atom is -0.481 e. The number of hydrogen-bond donors (Lipinski definition) is 1. The summed E-state index contributed by atoms with van der Waals surface area (Å²) in [6.45, 7) is 2.00. The largest absolute Gasteiger partial charge is 0.481 e. The molecule has 1 unspecified atom stereocenters. The number of alkyl halides is 1. The molecule has 1 rings (SSSR count). The first-order valence-electron chi connectivity index (χ1n) is 5.02. The molecule has 0 radical (unpaired) electrons. The number of carboxylic acid groups (broad SMARTS) is 1. The van der Waals surface area contributed by atoms with Gasteiger partial charge in [0.15, 0.2) is 0 Å². The summed E-state index contributed by atoms with van der Waals surface area (Å²) in [7, 11) is 0. The average Bonchev–Trinajstić information content (AvgIpc) is 2.26. The van der Waals surface area contributed by atoms with Gasteiger partial charge in [0, 0.05) is 5.33 Å². The van der Waals surface area contributed by atoms with Gasteiger partial charge in [0.1, 0.15) is 5.41 Å². The summed E-state index contributed by atoms with van der Waals surface area (Å²) < 4.78 is 0. The van der Waals surface area contributed by atoms with E-state index in [1.807, 2.05) is 37.3 Å². The summed E-state index contributed by atoms with van der Waals surface area (Å²) in [4.78, 5) is 11.4. The van der Waals surface area contributed by atoms with Crippen LogP contribution in [0.5, 0.6) is 0 Å². The highest BCUT2D eigenvalue weighted by Crippen LogP contribution is 2.31. The molecule has 0 amide bonds. The number of aliphatic carboxylic acids is 1. The van der Waals surface area contributed by atoms with E-state index in [4.69, 9.17) is 0 Å². The van der Waals surface area contributed by atoms with E-state index in [-0.39, 0.29) is 0 Å². The fourth-order valence-corrected chi connectivity index (χ4v) is 2.60. The highest BCUT2D eigenvalue weighted by atomic mass is 79.9. The third-order valence-corrected chi connectivity index (χ3v) is 3.60. The molecule has 0 bridgehead atoms. The van der Waals surface area contributed by atoms with Crippen LogP contribution in [0.1, 0.15) is 25.3 Å². The lowest BCUT2D eigenvalue weighted by atomic mass is 9.79. The predicted molar refractivity (Wildman–Crippen MR) is 64.5 cm³/mol. The monoisotopic (exact) mass is 270 g/mol. The third-order valence-electron chi connectivity index (χ3n) is 2.64. The van der Waals surface area contributed by atoms with Crippen LogP contribution in [-0.4, -0.2) is 16.4 Å². The minimum atomic E-state index is -0.782. The quantitative estimate of drug-likeness (QED) is 0.835. The minimum absolute atomic E-state index is 0.452. The van der Waals surface area contributed by atoms with Crippen molar-refractivity contribution in [1.82, 2.24) is 0 Å². The van der Waals surface area contributed by atoms with E-state index in [2.05, 4.69) is 15.9 Å². The van der Waals surface area contributed by atoms with Crippen LogP contribution in [0.15, 0.2) is 30.3 Å². The fraction of sp³-hybridized carbons (Fsp3) is 0.417. The summed E-state index contributed by atoms with van der Waals surface area (Å²) in [5.74, 6) is -0.757. The van der Waals surface area contributed by atoms with Crippen LogP contribution in [0.25, 0.3) is 0 Å². The molecule has 1 aromatic carbocycles. The summed E-state index contributed by atoms with van der Waals surface area (Å²) in [5, 5.41) is 9.83. The second-order valence-electron chi connectivity index (χ2n) is 3.64. The molecular weight excluding hydrogens is 256 g/mol. The Morgan fingerprint density at radius 2 is 2.00 bits per heavy atom. The number of hydrogen-bond acceptors (Lipinski definition) is 1. The molecule has 0 aliphatic carbocycles. The average molecular weight is 271 g/mol. The standard InChI is InChI=1S/C12H15BrO2/c1-2-8-12(9-13,11(14)15)10-6-4-3-5-7-10/h3-7H,2,8-9H2,1H3,(H,14,15). The Kier molecular flexibility index (Phi) is 4.33. The van der Waals surface area contributed by atoms with Gasteiger partial charge in [0.05, 0.1) is 0 Å². The first kappa shape index (κ1) is 12.2. The van der Waals surface area contributed by atoms with Gasteiger partial charge in [-0.3, -0.25) is 4.79 Å². The van der Waals surface area contributed by atoms with E-state index in [1.165, 1.54) is 0 Å². The van der Waals surface area contributed by atoms with Gasteiger partial charge < -0.3 is 5.11 Å². The third kappa shape index (κ3) is 2.40. The van der Waals surface area contributed by atoms with E-state index in [0.29, 0.717) is 11.8 Å². The zero-order valence-electron chi connectivity index (χ0n) is 8.74. The molecule has 1 aromatic rings. The first-order chi connectivity index (χ1) is 7.17. The van der Waals surface area contributed by atoms with Gasteiger partial charge >= 0.3 is 5.97 Å². The maximum Gasteiger partial charge on any atom is 0.314 e. The van der Waals surface area contributed by atoms with Crippen LogP contribution >= 0.6 is 15.9 Å². The summed E-state index contributed by atoms with van der Waals surface area (Å²) in [5.41, 5.74) is 0.0898. The second-order valence-corrected chi connectivity index (χ2v) is 4.20. The van der Waals surface area contributed by atoms with E-state index >= 15 is 0 Å². The molecule has 0 aliphatic rings. The van der Waals surface area contributed by atoms with Crippen molar-refractivity contribution in [3.8, 4) is 0 Å². The van der Waals surface area contributed by atoms with Crippen molar-refractivity contribution >= 4 is 21.9 Å². The number of carbonyl (C=O) groups is 1. The van der Waals surface area contributed by atoms with Crippen molar-refractivity contribution in [3.05, 3.63) is 35.9 Å². The van der Waals surface area contributed by atoms with Crippen LogP contribution in [0, 0.1) is 0 Å². The first-order valence-corrected chi connectivity index (χ1v) is 6.14. The molecule has 0 saturated carbocycles. The number of rotatable bonds is 5. The van der Waals surface area contributed by atoms with Crippen molar-refractivity contribution in [2.45, 2.75) is 25.2 Å². The Morgan fingerprint density at radius 1 is 1.40 bits per heavy atom. The number of halogens is 1. The summed E-state index contributed by atoms with van der Waals surface area (Å²) >= 11 is 3.33. The van der Waals surface area contributed by atoms with Crippen LogP contribution in [-0.2, 0) is 10.2 Å². The molecular formula is C12H15BrO2. The smallest absolute Gasteiger partial charge is 0.314 e. The lowest BCUT2D eigenvalue weighted by Crippen LogP contribution is -2.37. The molecule has 3 heteroatoms. The molecule has 0 heterocycles. The van der Waals surface area contributed by atoms with Gasteiger partial charge in [0.25, 0.3) is 0 Å². The highest BCUT2D eigenvalue weighted by molar-refractivity contribution is 9.09. The van der Waals surface area contributed by atoms with Gasteiger partial charge in [0.2, 0.25) is 0 Å². The van der Waals surface area contributed by atoms with Crippen molar-refractivity contribution < 1.29 is 9.90 Å². The molecule has 2 nitrogen and oxygen atoms in total. The Morgan fingerprint density at radius 3 is 2.40 bits per heavy atom. The fourth-order valence-electron chi connectivity index (χ4n) is 1.76. The molecule has 15 heavy (non-hydrogen) atoms. The topological polar surface area (TPSA) is 37.3 Å². The van der Waals surface area contributed by atoms with Gasteiger partial charge in [-0.1, -0.05) is 59.6 Å². The Balaban J connectivity index is 3.15. The molecule has 1 atom stereocenters. The second kappa shape index (κ2) is 5.31. The SMILES string of the molecule is CCCC(CBr)(C(=O)O)c1ccccc1. The Bertz CT molecular complexity index is 324. The molecule has 1 N–H and O–H groups in total. The predicted octanol–water partition coefficient (Wildman–Crippen LogP) is 3.20. The maximum absolute atomic E-state index is 11.4. The molecule has 0 aliphatic heterocycles. The molecule has 0 saturated heterocycles. The lowest BCUT2D eigenvalue weighted by Gasteiger charge is -2.27. The van der Waals surface area contributed by atoms with Gasteiger partial charge in [-0.2, -0.15) is 0 Å². The van der Waals surface area contributed by atoms with Crippen molar-refractivity contribution in [3.63, 3.8) is 0 Å².